The van der Waals surface area contributed by atoms with Crippen LogP contribution >= 0.6 is 22.9 Å². The van der Waals surface area contributed by atoms with E-state index in [0.717, 1.165) is 16.9 Å². The van der Waals surface area contributed by atoms with Gasteiger partial charge in [0.2, 0.25) is 9.47 Å². The smallest absolute Gasteiger partial charge is 0.270 e. The van der Waals surface area contributed by atoms with Gasteiger partial charge in [-0.05, 0) is 48.4 Å². The molecule has 0 bridgehead atoms. The van der Waals surface area contributed by atoms with E-state index in [9.17, 15) is 13.2 Å². The summed E-state index contributed by atoms with van der Waals surface area (Å²) in [5, 5.41) is 10.6. The Bertz CT molecular complexity index is 1120. The Labute approximate surface area is 183 Å². The number of aromatic nitrogens is 2. The number of nitrogens with one attached hydrogen (secondary N) is 2. The van der Waals surface area contributed by atoms with Gasteiger partial charge >= 0.3 is 0 Å². The molecule has 0 radical (unpaired) electrons. The molecule has 0 aliphatic rings. The Morgan fingerprint density at radius 1 is 1.13 bits per heavy atom. The molecule has 0 spiro atoms. The summed E-state index contributed by atoms with van der Waals surface area (Å²) in [6, 6.07) is 13.0. The van der Waals surface area contributed by atoms with E-state index in [1.165, 1.54) is 0 Å². The number of amides is 1. The number of sulfonamides is 1. The highest BCUT2D eigenvalue weighted by Gasteiger charge is 2.25. The first-order valence-corrected chi connectivity index (χ1v) is 11.6. The molecule has 3 rings (SSSR count). The Morgan fingerprint density at radius 3 is 2.40 bits per heavy atom. The van der Waals surface area contributed by atoms with Crippen LogP contribution in [-0.4, -0.2) is 31.6 Å². The Morgan fingerprint density at radius 2 is 1.80 bits per heavy atom. The molecule has 8 nitrogen and oxygen atoms in total. The maximum Gasteiger partial charge on any atom is 0.270 e. The quantitative estimate of drug-likeness (QED) is 0.487. The predicted octanol–water partition coefficient (Wildman–Crippen LogP) is 3.88. The summed E-state index contributed by atoms with van der Waals surface area (Å²) < 4.78 is 33.0. The van der Waals surface area contributed by atoms with Gasteiger partial charge in [0, 0.05) is 16.6 Å². The van der Waals surface area contributed by atoms with Crippen LogP contribution in [0, 0.1) is 0 Å². The van der Waals surface area contributed by atoms with Gasteiger partial charge in [-0.3, -0.25) is 10.1 Å². The second kappa shape index (κ2) is 9.52. The van der Waals surface area contributed by atoms with Crippen molar-refractivity contribution < 1.29 is 17.9 Å². The molecular weight excluding hydrogens is 448 g/mol. The maximum absolute atomic E-state index is 12.7. The fraction of sp³-hybridized carbons (Fsp3) is 0.211. The van der Waals surface area contributed by atoms with Crippen LogP contribution < -0.4 is 14.8 Å². The largest absolute Gasteiger partial charge is 0.497 e. The third kappa shape index (κ3) is 5.33. The molecule has 1 atom stereocenters. The van der Waals surface area contributed by atoms with Crippen LogP contribution in [0.15, 0.2) is 52.9 Å². The normalized spacial score (nSPS) is 12.4. The van der Waals surface area contributed by atoms with E-state index < -0.39 is 22.0 Å². The zero-order chi connectivity index (χ0) is 21.7. The molecule has 2 aromatic carbocycles. The number of hydrogen-bond donors (Lipinski definition) is 2. The number of carbonyl (C=O) groups is 1. The van der Waals surface area contributed by atoms with Crippen molar-refractivity contribution in [3.63, 3.8) is 0 Å². The highest BCUT2D eigenvalue weighted by atomic mass is 35.5. The van der Waals surface area contributed by atoms with E-state index in [2.05, 4.69) is 20.2 Å². The van der Waals surface area contributed by atoms with Crippen LogP contribution in [0.4, 0.5) is 5.13 Å². The molecule has 1 aromatic heterocycles. The lowest BCUT2D eigenvalue weighted by atomic mass is 10.1. The van der Waals surface area contributed by atoms with E-state index in [0.29, 0.717) is 22.8 Å². The fourth-order valence-electron chi connectivity index (χ4n) is 2.60. The third-order valence-electron chi connectivity index (χ3n) is 4.19. The van der Waals surface area contributed by atoms with Gasteiger partial charge in [-0.25, -0.2) is 13.1 Å². The van der Waals surface area contributed by atoms with E-state index in [1.807, 2.05) is 6.92 Å². The first-order chi connectivity index (χ1) is 14.3. The number of halogens is 1. The number of methoxy groups -OCH3 is 1. The van der Waals surface area contributed by atoms with Gasteiger partial charge in [0.1, 0.15) is 5.75 Å². The molecule has 0 fully saturated rings. The zero-order valence-electron chi connectivity index (χ0n) is 16.1. The highest BCUT2D eigenvalue weighted by molar-refractivity contribution is 7.91. The van der Waals surface area contributed by atoms with Gasteiger partial charge in [0.15, 0.2) is 0 Å². The first kappa shape index (κ1) is 22.2. The summed E-state index contributed by atoms with van der Waals surface area (Å²) in [5.74, 6) is 0.242. The lowest BCUT2D eigenvalue weighted by Crippen LogP contribution is -2.28. The van der Waals surface area contributed by atoms with Crippen LogP contribution in [0.2, 0.25) is 5.02 Å². The summed E-state index contributed by atoms with van der Waals surface area (Å²) in [5.41, 5.74) is 1.16. The van der Waals surface area contributed by atoms with Crippen LogP contribution in [0.5, 0.6) is 5.75 Å². The van der Waals surface area contributed by atoms with Crippen molar-refractivity contribution in [2.75, 3.05) is 12.4 Å². The molecule has 1 heterocycles. The van der Waals surface area contributed by atoms with Gasteiger partial charge in [0.25, 0.3) is 15.9 Å². The minimum absolute atomic E-state index is 0.0767. The molecule has 30 heavy (non-hydrogen) atoms. The molecule has 1 amide bonds. The van der Waals surface area contributed by atoms with Crippen molar-refractivity contribution >= 4 is 44.0 Å². The SMILES string of the molecule is CCC(NS(=O)(=O)c1nnc(NC(=O)c2ccc(Cl)cc2)s1)c1ccc(OC)cc1. The number of ether oxygens (including phenoxy) is 1. The predicted molar refractivity (Wildman–Crippen MR) is 116 cm³/mol. The molecule has 0 saturated carbocycles. The molecule has 3 aromatic rings. The van der Waals surface area contributed by atoms with Crippen molar-refractivity contribution in [3.05, 3.63) is 64.7 Å². The van der Waals surface area contributed by atoms with Crippen molar-refractivity contribution in [2.24, 2.45) is 0 Å². The lowest BCUT2D eigenvalue weighted by Gasteiger charge is -2.16. The number of rotatable bonds is 8. The van der Waals surface area contributed by atoms with Gasteiger partial charge < -0.3 is 4.74 Å². The van der Waals surface area contributed by atoms with Crippen molar-refractivity contribution in [3.8, 4) is 5.75 Å². The fourth-order valence-corrected chi connectivity index (χ4v) is 4.95. The monoisotopic (exact) mass is 466 g/mol. The molecule has 0 aliphatic heterocycles. The van der Waals surface area contributed by atoms with Crippen molar-refractivity contribution in [1.82, 2.24) is 14.9 Å². The molecule has 0 aliphatic carbocycles. The van der Waals surface area contributed by atoms with E-state index >= 15 is 0 Å². The van der Waals surface area contributed by atoms with Crippen LogP contribution in [0.3, 0.4) is 0 Å². The average Bonchev–Trinajstić information content (AvgIpc) is 3.22. The molecule has 158 valence electrons. The minimum Gasteiger partial charge on any atom is -0.497 e. The molecule has 1 unspecified atom stereocenters. The maximum atomic E-state index is 12.7. The number of nitrogens with zero attached hydrogens (tertiary/aromatic N) is 2. The summed E-state index contributed by atoms with van der Waals surface area (Å²) in [4.78, 5) is 12.3. The lowest BCUT2D eigenvalue weighted by molar-refractivity contribution is 0.102. The Kier molecular flexibility index (Phi) is 7.03. The second-order valence-electron chi connectivity index (χ2n) is 6.19. The van der Waals surface area contributed by atoms with Crippen molar-refractivity contribution in [2.45, 2.75) is 23.7 Å². The van der Waals surface area contributed by atoms with Crippen molar-refractivity contribution in [1.29, 1.82) is 0 Å². The number of anilines is 1. The summed E-state index contributed by atoms with van der Waals surface area (Å²) in [6.45, 7) is 1.87. The average molecular weight is 467 g/mol. The highest BCUT2D eigenvalue weighted by Crippen LogP contribution is 2.25. The van der Waals surface area contributed by atoms with Crippen LogP contribution in [-0.2, 0) is 10.0 Å². The Balaban J connectivity index is 1.72. The second-order valence-corrected chi connectivity index (χ2v) is 9.49. The van der Waals surface area contributed by atoms with E-state index in [1.54, 1.807) is 55.6 Å². The summed E-state index contributed by atoms with van der Waals surface area (Å²) in [6.07, 6.45) is 0.532. The Hall–Kier alpha value is -2.53. The summed E-state index contributed by atoms with van der Waals surface area (Å²) in [7, 11) is -2.36. The van der Waals surface area contributed by atoms with Gasteiger partial charge in [-0.15, -0.1) is 10.2 Å². The summed E-state index contributed by atoms with van der Waals surface area (Å²) >= 11 is 6.58. The van der Waals surface area contributed by atoms with Crippen LogP contribution in [0.25, 0.3) is 0 Å². The molecular formula is C19H19ClN4O4S2. The van der Waals surface area contributed by atoms with Gasteiger partial charge in [0.05, 0.1) is 7.11 Å². The number of carbonyl (C=O) groups excluding carboxylic acids is 1. The molecule has 0 saturated heterocycles. The van der Waals surface area contributed by atoms with Gasteiger partial charge in [-0.1, -0.05) is 42.0 Å². The topological polar surface area (TPSA) is 110 Å². The van der Waals surface area contributed by atoms with E-state index in [4.69, 9.17) is 16.3 Å². The molecule has 2 N–H and O–H groups in total. The number of benzene rings is 2. The van der Waals surface area contributed by atoms with Gasteiger partial charge in [-0.2, -0.15) is 0 Å². The van der Waals surface area contributed by atoms with Crippen LogP contribution in [0.1, 0.15) is 35.3 Å². The standard InChI is InChI=1S/C19H19ClN4O4S2/c1-3-16(12-6-10-15(28-2)11-7-12)24-30(26,27)19-23-22-18(29-19)21-17(25)13-4-8-14(20)9-5-13/h4-11,16,24H,3H2,1-2H3,(H,21,22,25). The zero-order valence-corrected chi connectivity index (χ0v) is 18.5. The first-order valence-electron chi connectivity index (χ1n) is 8.89. The number of hydrogen-bond acceptors (Lipinski definition) is 7. The molecule has 11 heteroatoms. The third-order valence-corrected chi connectivity index (χ3v) is 7.12. The minimum atomic E-state index is -3.93. The van der Waals surface area contributed by atoms with E-state index in [-0.39, 0.29) is 9.47 Å².